The second-order valence-corrected chi connectivity index (χ2v) is 7.66. The van der Waals surface area contributed by atoms with Gasteiger partial charge in [0, 0.05) is 17.6 Å². The number of amides is 1. The Balaban J connectivity index is 1.62. The number of carbonyl (C=O) groups is 1. The molecule has 1 aliphatic carbocycles. The Morgan fingerprint density at radius 1 is 1.20 bits per heavy atom. The van der Waals surface area contributed by atoms with Crippen molar-refractivity contribution >= 4 is 16.8 Å². The quantitative estimate of drug-likeness (QED) is 0.574. The molecule has 0 bridgehead atoms. The molecule has 1 aliphatic rings. The number of alkyl halides is 3. The van der Waals surface area contributed by atoms with Crippen LogP contribution in [0.15, 0.2) is 61.3 Å². The molecule has 1 amide bonds. The van der Waals surface area contributed by atoms with E-state index in [0.29, 0.717) is 11.1 Å². The lowest BCUT2D eigenvalue weighted by Crippen LogP contribution is -2.38. The van der Waals surface area contributed by atoms with Gasteiger partial charge in [-0.15, -0.1) is 0 Å². The van der Waals surface area contributed by atoms with E-state index in [9.17, 15) is 18.0 Å². The summed E-state index contributed by atoms with van der Waals surface area (Å²) in [6, 6.07) is 11.0. The summed E-state index contributed by atoms with van der Waals surface area (Å²) in [7, 11) is 0. The van der Waals surface area contributed by atoms with Crippen LogP contribution in [0.1, 0.15) is 37.3 Å². The van der Waals surface area contributed by atoms with Crippen molar-refractivity contribution < 1.29 is 18.0 Å². The lowest BCUT2D eigenvalue weighted by atomic mass is 9.91. The Morgan fingerprint density at radius 3 is 2.77 bits per heavy atom. The molecule has 0 radical (unpaired) electrons. The predicted molar refractivity (Wildman–Crippen MR) is 110 cm³/mol. The predicted octanol–water partition coefficient (Wildman–Crippen LogP) is 5.51. The number of rotatable bonds is 4. The van der Waals surface area contributed by atoms with Crippen LogP contribution < -0.4 is 5.32 Å². The van der Waals surface area contributed by atoms with Crippen molar-refractivity contribution in [3.63, 3.8) is 0 Å². The largest absolute Gasteiger partial charge is 0.417 e. The minimum absolute atomic E-state index is 0.0655. The third kappa shape index (κ3) is 4.10. The molecule has 0 unspecified atom stereocenters. The van der Waals surface area contributed by atoms with Crippen molar-refractivity contribution in [1.82, 2.24) is 15.1 Å². The zero-order valence-electron chi connectivity index (χ0n) is 16.3. The summed E-state index contributed by atoms with van der Waals surface area (Å²) < 4.78 is 42.1. The monoisotopic (exact) mass is 413 g/mol. The van der Waals surface area contributed by atoms with E-state index in [1.54, 1.807) is 24.3 Å². The van der Waals surface area contributed by atoms with Crippen LogP contribution in [0.5, 0.6) is 0 Å². The van der Waals surface area contributed by atoms with E-state index >= 15 is 0 Å². The van der Waals surface area contributed by atoms with Crippen molar-refractivity contribution in [2.24, 2.45) is 0 Å². The second kappa shape index (κ2) is 7.97. The van der Waals surface area contributed by atoms with E-state index in [4.69, 9.17) is 0 Å². The molecule has 1 aromatic heterocycles. The summed E-state index contributed by atoms with van der Waals surface area (Å²) >= 11 is 0. The summed E-state index contributed by atoms with van der Waals surface area (Å²) in [5.74, 6) is -0.181. The molecule has 0 aliphatic heterocycles. The Labute approximate surface area is 172 Å². The summed E-state index contributed by atoms with van der Waals surface area (Å²) in [6.07, 6.45) is 2.36. The SMILES string of the molecule is C=CC(=O)N[C@H]1CCC[C@@H](n2cc3ccc(-c4ccccc4C(F)(F)F)cc3n2)C1. The third-order valence-corrected chi connectivity index (χ3v) is 5.62. The van der Waals surface area contributed by atoms with E-state index in [2.05, 4.69) is 17.0 Å². The molecule has 30 heavy (non-hydrogen) atoms. The number of hydrogen-bond donors (Lipinski definition) is 1. The molecule has 0 saturated heterocycles. The number of nitrogens with zero attached hydrogens (tertiary/aromatic N) is 2. The molecule has 4 rings (SSSR count). The van der Waals surface area contributed by atoms with Gasteiger partial charge in [-0.05, 0) is 55.0 Å². The fourth-order valence-corrected chi connectivity index (χ4v) is 4.17. The van der Waals surface area contributed by atoms with Gasteiger partial charge in [0.05, 0.1) is 17.1 Å². The van der Waals surface area contributed by atoms with Gasteiger partial charge in [-0.3, -0.25) is 9.48 Å². The molecule has 1 N–H and O–H groups in total. The zero-order chi connectivity index (χ0) is 21.3. The first kappa shape index (κ1) is 20.2. The van der Waals surface area contributed by atoms with Crippen LogP contribution in [0, 0.1) is 0 Å². The fourth-order valence-electron chi connectivity index (χ4n) is 4.17. The topological polar surface area (TPSA) is 46.9 Å². The van der Waals surface area contributed by atoms with Crippen molar-refractivity contribution in [2.75, 3.05) is 0 Å². The first-order chi connectivity index (χ1) is 14.3. The molecule has 1 fully saturated rings. The third-order valence-electron chi connectivity index (χ3n) is 5.62. The van der Waals surface area contributed by atoms with E-state index in [0.717, 1.165) is 37.1 Å². The van der Waals surface area contributed by atoms with Gasteiger partial charge in [-0.1, -0.05) is 36.9 Å². The van der Waals surface area contributed by atoms with Crippen LogP contribution in [0.4, 0.5) is 13.2 Å². The van der Waals surface area contributed by atoms with Crippen LogP contribution in [0.2, 0.25) is 0 Å². The van der Waals surface area contributed by atoms with Gasteiger partial charge in [0.2, 0.25) is 5.91 Å². The minimum Gasteiger partial charge on any atom is -0.350 e. The summed E-state index contributed by atoms with van der Waals surface area (Å²) in [5.41, 5.74) is 0.630. The van der Waals surface area contributed by atoms with Crippen LogP contribution in [-0.2, 0) is 11.0 Å². The van der Waals surface area contributed by atoms with Crippen LogP contribution in [0.25, 0.3) is 22.0 Å². The average molecular weight is 413 g/mol. The molecule has 3 aromatic rings. The molecule has 2 atom stereocenters. The standard InChI is InChI=1S/C23H22F3N3O/c1-2-22(30)27-17-6-5-7-18(13-17)29-14-16-11-10-15(12-21(16)28-29)19-8-3-4-9-20(19)23(24,25)26/h2-4,8-12,14,17-18H,1,5-7,13H2,(H,27,30)/t17-,18+/m0/s1. The molecule has 7 heteroatoms. The molecule has 156 valence electrons. The fraction of sp³-hybridized carbons (Fsp3) is 0.304. The molecule has 2 aromatic carbocycles. The van der Waals surface area contributed by atoms with Gasteiger partial charge in [0.15, 0.2) is 0 Å². The van der Waals surface area contributed by atoms with E-state index in [-0.39, 0.29) is 23.6 Å². The van der Waals surface area contributed by atoms with Gasteiger partial charge >= 0.3 is 6.18 Å². The van der Waals surface area contributed by atoms with Gasteiger partial charge in [-0.2, -0.15) is 18.3 Å². The van der Waals surface area contributed by atoms with Crippen molar-refractivity contribution in [3.8, 4) is 11.1 Å². The maximum atomic E-state index is 13.4. The lowest BCUT2D eigenvalue weighted by Gasteiger charge is -2.29. The van der Waals surface area contributed by atoms with Crippen molar-refractivity contribution in [1.29, 1.82) is 0 Å². The molecule has 4 nitrogen and oxygen atoms in total. The second-order valence-electron chi connectivity index (χ2n) is 7.66. The highest BCUT2D eigenvalue weighted by Crippen LogP contribution is 2.38. The highest BCUT2D eigenvalue weighted by Gasteiger charge is 2.33. The number of halogens is 3. The first-order valence-corrected chi connectivity index (χ1v) is 9.93. The van der Waals surface area contributed by atoms with Crippen LogP contribution in [-0.4, -0.2) is 21.7 Å². The molecular weight excluding hydrogens is 391 g/mol. The number of hydrogen-bond acceptors (Lipinski definition) is 2. The average Bonchev–Trinajstić information content (AvgIpc) is 3.16. The maximum absolute atomic E-state index is 13.4. The minimum atomic E-state index is -4.42. The lowest BCUT2D eigenvalue weighted by molar-refractivity contribution is -0.137. The Morgan fingerprint density at radius 2 is 2.00 bits per heavy atom. The van der Waals surface area contributed by atoms with Gasteiger partial charge < -0.3 is 5.32 Å². The molecular formula is C23H22F3N3O. The number of fused-ring (bicyclic) bond motifs is 1. The number of nitrogens with one attached hydrogen (secondary N) is 1. The smallest absolute Gasteiger partial charge is 0.350 e. The van der Waals surface area contributed by atoms with Gasteiger partial charge in [-0.25, -0.2) is 0 Å². The molecule has 1 saturated carbocycles. The van der Waals surface area contributed by atoms with Crippen LogP contribution >= 0.6 is 0 Å². The first-order valence-electron chi connectivity index (χ1n) is 9.93. The summed E-state index contributed by atoms with van der Waals surface area (Å²) in [6.45, 7) is 3.49. The van der Waals surface area contributed by atoms with Crippen LogP contribution in [0.3, 0.4) is 0 Å². The number of carbonyl (C=O) groups excluding carboxylic acids is 1. The number of aromatic nitrogens is 2. The van der Waals surface area contributed by atoms with Crippen molar-refractivity contribution in [3.05, 3.63) is 66.9 Å². The molecule has 1 heterocycles. The number of benzene rings is 2. The Bertz CT molecular complexity index is 1090. The normalized spacial score (nSPS) is 19.6. The summed E-state index contributed by atoms with van der Waals surface area (Å²) in [5, 5.41) is 8.47. The Hall–Kier alpha value is -3.09. The zero-order valence-corrected chi connectivity index (χ0v) is 16.3. The van der Waals surface area contributed by atoms with E-state index in [1.165, 1.54) is 18.2 Å². The van der Waals surface area contributed by atoms with Crippen molar-refractivity contribution in [2.45, 2.75) is 43.9 Å². The van der Waals surface area contributed by atoms with Gasteiger partial charge in [0.25, 0.3) is 0 Å². The van der Waals surface area contributed by atoms with E-state index < -0.39 is 11.7 Å². The Kier molecular flexibility index (Phi) is 5.37. The highest BCUT2D eigenvalue weighted by molar-refractivity contribution is 5.87. The summed E-state index contributed by atoms with van der Waals surface area (Å²) in [4.78, 5) is 11.6. The highest BCUT2D eigenvalue weighted by atomic mass is 19.4. The van der Waals surface area contributed by atoms with Gasteiger partial charge in [0.1, 0.15) is 0 Å². The van der Waals surface area contributed by atoms with E-state index in [1.807, 2.05) is 10.9 Å². The molecule has 0 spiro atoms. The maximum Gasteiger partial charge on any atom is 0.417 e.